The van der Waals surface area contributed by atoms with Gasteiger partial charge in [0, 0.05) is 21.3 Å². The molecule has 0 saturated carbocycles. The van der Waals surface area contributed by atoms with Gasteiger partial charge >= 0.3 is 0 Å². The Morgan fingerprint density at radius 1 is 0.882 bits per heavy atom. The van der Waals surface area contributed by atoms with Crippen LogP contribution in [0.5, 0.6) is 0 Å². The van der Waals surface area contributed by atoms with Gasteiger partial charge in [0.05, 0.1) is 10.8 Å². The number of benzene rings is 2. The molecule has 0 aliphatic carbocycles. The van der Waals surface area contributed by atoms with Gasteiger partial charge in [0.1, 0.15) is 0 Å². The van der Waals surface area contributed by atoms with Gasteiger partial charge < -0.3 is 0 Å². The molecule has 2 aromatic rings. The fourth-order valence-corrected chi connectivity index (χ4v) is 3.66. The van der Waals surface area contributed by atoms with Crippen LogP contribution >= 0.6 is 11.8 Å². The quantitative estimate of drug-likeness (QED) is 0.766. The minimum absolute atomic E-state index is 0.698. The van der Waals surface area contributed by atoms with Gasteiger partial charge in [-0.05, 0) is 24.3 Å². The Hall–Kier alpha value is -1.06. The van der Waals surface area contributed by atoms with Crippen LogP contribution in [0.25, 0.3) is 0 Å². The number of thioether (sulfide) groups is 1. The van der Waals surface area contributed by atoms with E-state index in [-0.39, 0.29) is 0 Å². The zero-order chi connectivity index (χ0) is 11.9. The van der Waals surface area contributed by atoms with Gasteiger partial charge in [-0.25, -0.2) is 0 Å². The van der Waals surface area contributed by atoms with Gasteiger partial charge in [0.25, 0.3) is 0 Å². The van der Waals surface area contributed by atoms with Crippen LogP contribution in [0.3, 0.4) is 0 Å². The van der Waals surface area contributed by atoms with E-state index < -0.39 is 10.8 Å². The van der Waals surface area contributed by atoms with Crippen LogP contribution in [0.1, 0.15) is 0 Å². The van der Waals surface area contributed by atoms with E-state index in [0.717, 1.165) is 10.6 Å². The van der Waals surface area contributed by atoms with Gasteiger partial charge in [-0.2, -0.15) is 0 Å². The zero-order valence-corrected chi connectivity index (χ0v) is 11.0. The van der Waals surface area contributed by atoms with Crippen LogP contribution in [0.4, 0.5) is 0 Å². The molecule has 0 bridgehead atoms. The summed E-state index contributed by atoms with van der Waals surface area (Å²) in [5.41, 5.74) is 0. The molecule has 0 heterocycles. The van der Waals surface area contributed by atoms with Gasteiger partial charge in [-0.1, -0.05) is 36.4 Å². The largest absolute Gasteiger partial charge is 0.254 e. The molecule has 88 valence electrons. The Morgan fingerprint density at radius 3 is 2.12 bits per heavy atom. The molecule has 0 unspecified atom stereocenters. The molecule has 0 N–H and O–H groups in total. The van der Waals surface area contributed by atoms with Crippen LogP contribution in [-0.4, -0.2) is 15.7 Å². The molecule has 0 aliphatic heterocycles. The predicted octanol–water partition coefficient (Wildman–Crippen LogP) is 3.59. The second kappa shape index (κ2) is 6.62. The third-order valence-electron chi connectivity index (χ3n) is 2.29. The van der Waals surface area contributed by atoms with E-state index in [1.54, 1.807) is 11.8 Å². The van der Waals surface area contributed by atoms with Crippen molar-refractivity contribution in [2.75, 3.05) is 11.5 Å². The molecular formula is C14H14OS2. The maximum absolute atomic E-state index is 11.9. The maximum Gasteiger partial charge on any atom is 0.0537 e. The first-order valence-corrected chi connectivity index (χ1v) is 7.78. The van der Waals surface area contributed by atoms with E-state index in [0.29, 0.717) is 5.75 Å². The first-order chi connectivity index (χ1) is 8.36. The molecule has 0 amide bonds. The van der Waals surface area contributed by atoms with Crippen molar-refractivity contribution in [3.8, 4) is 0 Å². The highest BCUT2D eigenvalue weighted by Gasteiger charge is 2.02. The summed E-state index contributed by atoms with van der Waals surface area (Å²) in [5.74, 6) is 1.58. The fraction of sp³-hybridized carbons (Fsp3) is 0.143. The molecule has 17 heavy (non-hydrogen) atoms. The summed E-state index contributed by atoms with van der Waals surface area (Å²) in [5, 5.41) is 0. The lowest BCUT2D eigenvalue weighted by Crippen LogP contribution is -2.00. The summed E-state index contributed by atoms with van der Waals surface area (Å²) in [7, 11) is -0.878. The summed E-state index contributed by atoms with van der Waals surface area (Å²) < 4.78 is 11.9. The van der Waals surface area contributed by atoms with Gasteiger partial charge in [0.2, 0.25) is 0 Å². The van der Waals surface area contributed by atoms with Crippen molar-refractivity contribution in [1.29, 1.82) is 0 Å². The molecule has 0 aliphatic rings. The van der Waals surface area contributed by atoms with E-state index in [1.807, 2.05) is 48.5 Å². The van der Waals surface area contributed by atoms with Crippen LogP contribution < -0.4 is 0 Å². The topological polar surface area (TPSA) is 17.1 Å². The molecule has 1 nitrogen and oxygen atoms in total. The molecule has 0 spiro atoms. The minimum atomic E-state index is -0.878. The number of hydrogen-bond acceptors (Lipinski definition) is 2. The lowest BCUT2D eigenvalue weighted by molar-refractivity contribution is 0.684. The molecule has 2 rings (SSSR count). The van der Waals surface area contributed by atoms with E-state index in [9.17, 15) is 4.21 Å². The van der Waals surface area contributed by atoms with E-state index >= 15 is 0 Å². The van der Waals surface area contributed by atoms with Crippen molar-refractivity contribution in [3.05, 3.63) is 60.7 Å². The highest BCUT2D eigenvalue weighted by Crippen LogP contribution is 2.17. The Labute approximate surface area is 109 Å². The summed E-state index contributed by atoms with van der Waals surface area (Å²) in [6, 6.07) is 19.9. The highest BCUT2D eigenvalue weighted by atomic mass is 32.2. The van der Waals surface area contributed by atoms with Crippen molar-refractivity contribution >= 4 is 22.6 Å². The molecule has 2 aromatic carbocycles. The first-order valence-electron chi connectivity index (χ1n) is 5.47. The van der Waals surface area contributed by atoms with E-state index in [2.05, 4.69) is 12.1 Å². The fourth-order valence-electron chi connectivity index (χ4n) is 1.44. The smallest absolute Gasteiger partial charge is 0.0537 e. The van der Waals surface area contributed by atoms with Gasteiger partial charge in [-0.15, -0.1) is 11.8 Å². The molecule has 3 heteroatoms. The van der Waals surface area contributed by atoms with Crippen molar-refractivity contribution < 1.29 is 4.21 Å². The van der Waals surface area contributed by atoms with Gasteiger partial charge in [0.15, 0.2) is 0 Å². The SMILES string of the molecule is O=[S@](CCSc1ccccc1)c1ccccc1. The van der Waals surface area contributed by atoms with Crippen molar-refractivity contribution in [1.82, 2.24) is 0 Å². The van der Waals surface area contributed by atoms with Crippen molar-refractivity contribution in [2.45, 2.75) is 9.79 Å². The third-order valence-corrected chi connectivity index (χ3v) is 4.93. The second-order valence-corrected chi connectivity index (χ2v) is 6.26. The van der Waals surface area contributed by atoms with Crippen molar-refractivity contribution in [2.24, 2.45) is 0 Å². The normalized spacial score (nSPS) is 12.2. The van der Waals surface area contributed by atoms with Crippen LogP contribution in [0.2, 0.25) is 0 Å². The number of hydrogen-bond donors (Lipinski definition) is 0. The molecule has 0 saturated heterocycles. The predicted molar refractivity (Wildman–Crippen MR) is 74.9 cm³/mol. The van der Waals surface area contributed by atoms with E-state index in [4.69, 9.17) is 0 Å². The zero-order valence-electron chi connectivity index (χ0n) is 9.41. The van der Waals surface area contributed by atoms with Crippen molar-refractivity contribution in [3.63, 3.8) is 0 Å². The molecule has 1 atom stereocenters. The first kappa shape index (κ1) is 12.4. The van der Waals surface area contributed by atoms with Gasteiger partial charge in [-0.3, -0.25) is 4.21 Å². The standard InChI is InChI=1S/C14H14OS2/c15-17(14-9-5-2-6-10-14)12-11-16-13-7-3-1-4-8-13/h1-10H,11-12H2/t17-/m1/s1. The monoisotopic (exact) mass is 262 g/mol. The average molecular weight is 262 g/mol. The summed E-state index contributed by atoms with van der Waals surface area (Å²) >= 11 is 1.75. The van der Waals surface area contributed by atoms with E-state index in [1.165, 1.54) is 4.90 Å². The molecular weight excluding hydrogens is 248 g/mol. The second-order valence-electron chi connectivity index (χ2n) is 3.52. The lowest BCUT2D eigenvalue weighted by atomic mass is 10.4. The molecule has 0 fully saturated rings. The van der Waals surface area contributed by atoms with Crippen LogP contribution in [0, 0.1) is 0 Å². The van der Waals surface area contributed by atoms with Crippen LogP contribution in [0.15, 0.2) is 70.5 Å². The Morgan fingerprint density at radius 2 is 1.47 bits per heavy atom. The maximum atomic E-state index is 11.9. The number of rotatable bonds is 5. The third kappa shape index (κ3) is 4.02. The summed E-state index contributed by atoms with van der Waals surface area (Å²) in [6.07, 6.45) is 0. The van der Waals surface area contributed by atoms with Crippen LogP contribution in [-0.2, 0) is 10.8 Å². The lowest BCUT2D eigenvalue weighted by Gasteiger charge is -2.02. The molecule has 0 radical (unpaired) electrons. The molecule has 0 aromatic heterocycles. The Kier molecular flexibility index (Phi) is 4.83. The highest BCUT2D eigenvalue weighted by molar-refractivity contribution is 8.00. The summed E-state index contributed by atoms with van der Waals surface area (Å²) in [4.78, 5) is 2.15. The Balaban J connectivity index is 1.82. The average Bonchev–Trinajstić information content (AvgIpc) is 2.41. The Bertz CT molecular complexity index is 468. The minimum Gasteiger partial charge on any atom is -0.254 e. The summed E-state index contributed by atoms with van der Waals surface area (Å²) in [6.45, 7) is 0.